The summed E-state index contributed by atoms with van der Waals surface area (Å²) in [6.45, 7) is 8.87. The van der Waals surface area contributed by atoms with Crippen LogP contribution in [0.25, 0.3) is 18.2 Å². The van der Waals surface area contributed by atoms with Gasteiger partial charge in [-0.15, -0.1) is 0 Å². The van der Waals surface area contributed by atoms with E-state index in [0.717, 1.165) is 67.2 Å². The molecule has 3 aromatic rings. The molecule has 0 saturated heterocycles. The first-order valence-corrected chi connectivity index (χ1v) is 21.2. The largest absolute Gasteiger partial charge is 0.374 e. The van der Waals surface area contributed by atoms with Crippen molar-refractivity contribution in [3.05, 3.63) is 120 Å². The molecule has 0 N–H and O–H groups in total. The van der Waals surface area contributed by atoms with Crippen molar-refractivity contribution in [3.8, 4) is 0 Å². The fraction of sp³-hybridized carbons (Fsp3) is 0.364. The van der Waals surface area contributed by atoms with E-state index in [1.807, 2.05) is 57.5 Å². The zero-order valence-electron chi connectivity index (χ0n) is 33.0. The molecule has 0 saturated carbocycles. The lowest BCUT2D eigenvalue weighted by molar-refractivity contribution is -0.695. The third-order valence-corrected chi connectivity index (χ3v) is 10.9. The standard InChI is InChI=1S/C44H59N6O2S2/c1-7-45-30-18-11-9-10-12-22-38-23-13-15-26-41(38)46(3)31-20-33-48(5)43(51)36-53-54-37-44(52)49(6)34-21-32-47(4)42-27-16-14-24-39(42)28-29-40-25-17-19-35-50(40)8-2/h9-19,22-30,35H,7-8,20-21,31-34,36-37H2,1-6H3/q+1/b10-9+,18-11-,22-12+,45-30?. The molecule has 2 amide bonds. The minimum absolute atomic E-state index is 0.0765. The number of rotatable bonds is 23. The highest BCUT2D eigenvalue weighted by atomic mass is 33.1. The van der Waals surface area contributed by atoms with Crippen LogP contribution in [-0.4, -0.2) is 100 Å². The van der Waals surface area contributed by atoms with Gasteiger partial charge in [-0.2, -0.15) is 4.57 Å². The number of aromatic nitrogens is 1. The molecule has 54 heavy (non-hydrogen) atoms. The van der Waals surface area contributed by atoms with E-state index < -0.39 is 0 Å². The second kappa shape index (κ2) is 25.5. The number of para-hydroxylation sites is 2. The minimum atomic E-state index is 0.0765. The van der Waals surface area contributed by atoms with Gasteiger partial charge in [0.1, 0.15) is 6.54 Å². The highest BCUT2D eigenvalue weighted by Gasteiger charge is 2.14. The molecule has 0 aliphatic carbocycles. The fourth-order valence-electron chi connectivity index (χ4n) is 5.61. The zero-order valence-corrected chi connectivity index (χ0v) is 34.6. The second-order valence-electron chi connectivity index (χ2n) is 12.8. The zero-order chi connectivity index (χ0) is 39.0. The summed E-state index contributed by atoms with van der Waals surface area (Å²) < 4.78 is 2.22. The van der Waals surface area contributed by atoms with Crippen LogP contribution in [-0.2, 0) is 16.1 Å². The first-order valence-electron chi connectivity index (χ1n) is 18.7. The highest BCUT2D eigenvalue weighted by Crippen LogP contribution is 2.24. The van der Waals surface area contributed by atoms with Crippen molar-refractivity contribution < 1.29 is 14.2 Å². The third-order valence-electron chi connectivity index (χ3n) is 8.81. The topological polar surface area (TPSA) is 63.3 Å². The van der Waals surface area contributed by atoms with Gasteiger partial charge >= 0.3 is 0 Å². The first kappa shape index (κ1) is 43.9. The smallest absolute Gasteiger partial charge is 0.233 e. The van der Waals surface area contributed by atoms with Crippen LogP contribution in [0.2, 0.25) is 0 Å². The maximum atomic E-state index is 12.8. The maximum Gasteiger partial charge on any atom is 0.233 e. The van der Waals surface area contributed by atoms with E-state index in [0.29, 0.717) is 24.6 Å². The molecule has 0 aliphatic heterocycles. The summed E-state index contributed by atoms with van der Waals surface area (Å²) in [7, 11) is 10.8. The van der Waals surface area contributed by atoms with Crippen molar-refractivity contribution in [2.24, 2.45) is 4.99 Å². The molecule has 0 spiro atoms. The molecule has 8 nitrogen and oxygen atoms in total. The number of hydrogen-bond donors (Lipinski definition) is 0. The quantitative estimate of drug-likeness (QED) is 0.0320. The van der Waals surface area contributed by atoms with E-state index in [1.54, 1.807) is 16.0 Å². The lowest BCUT2D eigenvalue weighted by Crippen LogP contribution is -2.34. The molecule has 0 radical (unpaired) electrons. The van der Waals surface area contributed by atoms with Gasteiger partial charge in [0.15, 0.2) is 6.20 Å². The molecular formula is C44H59N6O2S2+. The number of nitrogens with zero attached hydrogens (tertiary/aromatic N) is 6. The monoisotopic (exact) mass is 767 g/mol. The summed E-state index contributed by atoms with van der Waals surface area (Å²) in [5.74, 6) is 0.844. The molecule has 288 valence electrons. The minimum Gasteiger partial charge on any atom is -0.374 e. The van der Waals surface area contributed by atoms with E-state index in [-0.39, 0.29) is 11.8 Å². The number of anilines is 2. The molecule has 3 rings (SSSR count). The Bertz CT molecular complexity index is 1740. The number of amides is 2. The van der Waals surface area contributed by atoms with Crippen molar-refractivity contribution in [1.82, 2.24) is 9.80 Å². The van der Waals surface area contributed by atoms with Crippen molar-refractivity contribution in [2.75, 3.05) is 82.2 Å². The van der Waals surface area contributed by atoms with E-state index in [2.05, 4.69) is 125 Å². The molecular weight excluding hydrogens is 709 g/mol. The second-order valence-corrected chi connectivity index (χ2v) is 15.3. The van der Waals surface area contributed by atoms with Gasteiger partial charge in [0, 0.05) is 96.7 Å². The number of hydrogen-bond acceptors (Lipinski definition) is 7. The van der Waals surface area contributed by atoms with Crippen LogP contribution in [0, 0.1) is 0 Å². The third kappa shape index (κ3) is 15.8. The number of carbonyl (C=O) groups is 2. The van der Waals surface area contributed by atoms with E-state index in [1.165, 1.54) is 21.6 Å². The number of pyridine rings is 1. The first-order chi connectivity index (χ1) is 26.2. The van der Waals surface area contributed by atoms with E-state index >= 15 is 0 Å². The summed E-state index contributed by atoms with van der Waals surface area (Å²) in [4.78, 5) is 37.9. The van der Waals surface area contributed by atoms with Gasteiger partial charge in [-0.25, -0.2) is 0 Å². The average molecular weight is 768 g/mol. The number of aliphatic imine (C=N–C) groups is 1. The molecule has 0 aliphatic rings. The Morgan fingerprint density at radius 1 is 0.630 bits per heavy atom. The van der Waals surface area contributed by atoms with Crippen molar-refractivity contribution in [3.63, 3.8) is 0 Å². The van der Waals surface area contributed by atoms with Crippen LogP contribution in [0.1, 0.15) is 43.5 Å². The Balaban J connectivity index is 1.33. The maximum absolute atomic E-state index is 12.8. The lowest BCUT2D eigenvalue weighted by Gasteiger charge is -2.24. The summed E-state index contributed by atoms with van der Waals surface area (Å²) in [5, 5.41) is 0. The van der Waals surface area contributed by atoms with Gasteiger partial charge in [0.2, 0.25) is 17.5 Å². The Kier molecular flexibility index (Phi) is 20.7. The van der Waals surface area contributed by atoms with Crippen molar-refractivity contribution in [1.29, 1.82) is 0 Å². The summed E-state index contributed by atoms with van der Waals surface area (Å²) in [6.07, 6.45) is 22.0. The Labute approximate surface area is 332 Å². The van der Waals surface area contributed by atoms with Crippen molar-refractivity contribution in [2.45, 2.75) is 33.2 Å². The lowest BCUT2D eigenvalue weighted by atomic mass is 10.1. The van der Waals surface area contributed by atoms with E-state index in [9.17, 15) is 9.59 Å². The van der Waals surface area contributed by atoms with Gasteiger partial charge in [-0.1, -0.05) is 88.4 Å². The summed E-state index contributed by atoms with van der Waals surface area (Å²) in [5.41, 5.74) is 5.78. The predicted molar refractivity (Wildman–Crippen MR) is 236 cm³/mol. The van der Waals surface area contributed by atoms with Gasteiger partial charge in [-0.05, 0) is 68.2 Å². The van der Waals surface area contributed by atoms with Crippen LogP contribution < -0.4 is 14.4 Å². The molecule has 2 aromatic carbocycles. The van der Waals surface area contributed by atoms with E-state index in [4.69, 9.17) is 0 Å². The fourth-order valence-corrected chi connectivity index (χ4v) is 7.52. The molecule has 0 atom stereocenters. The molecule has 0 fully saturated rings. The predicted octanol–water partition coefficient (Wildman–Crippen LogP) is 8.03. The number of benzene rings is 2. The molecule has 0 bridgehead atoms. The molecule has 10 heteroatoms. The van der Waals surface area contributed by atoms with Crippen LogP contribution >= 0.6 is 21.6 Å². The summed E-state index contributed by atoms with van der Waals surface area (Å²) in [6, 6.07) is 23.0. The highest BCUT2D eigenvalue weighted by molar-refractivity contribution is 8.77. The Morgan fingerprint density at radius 2 is 1.15 bits per heavy atom. The number of aryl methyl sites for hydroxylation is 1. The normalized spacial score (nSPS) is 11.8. The average Bonchev–Trinajstić information content (AvgIpc) is 3.19. The molecule has 1 heterocycles. The van der Waals surface area contributed by atoms with Gasteiger partial charge in [-0.3, -0.25) is 14.6 Å². The molecule has 0 unspecified atom stereocenters. The van der Waals surface area contributed by atoms with Crippen LogP contribution in [0.15, 0.2) is 108 Å². The van der Waals surface area contributed by atoms with Gasteiger partial charge in [0.05, 0.1) is 11.5 Å². The Morgan fingerprint density at radius 3 is 1.72 bits per heavy atom. The van der Waals surface area contributed by atoms with Gasteiger partial charge in [0.25, 0.3) is 0 Å². The Hall–Kier alpha value is -4.54. The molecule has 1 aromatic heterocycles. The van der Waals surface area contributed by atoms with Crippen LogP contribution in [0.5, 0.6) is 0 Å². The number of carbonyl (C=O) groups excluding carboxylic acids is 2. The summed E-state index contributed by atoms with van der Waals surface area (Å²) >= 11 is 0. The SMILES string of the molecule is CCN=C\C=C/C=C/C=C/c1ccccc1N(C)CCCN(C)C(=O)CSSCC(=O)N(C)CCCN(C)c1ccccc1/C=C/c1cccc[n+]1CC. The van der Waals surface area contributed by atoms with Crippen molar-refractivity contribution >= 4 is 69.2 Å². The van der Waals surface area contributed by atoms with Gasteiger partial charge < -0.3 is 19.6 Å². The van der Waals surface area contributed by atoms with Crippen LogP contribution in [0.4, 0.5) is 11.4 Å². The number of allylic oxidation sites excluding steroid dienone is 5. The van der Waals surface area contributed by atoms with Crippen LogP contribution in [0.3, 0.4) is 0 Å².